The Kier molecular flexibility index (Phi) is 3.31. The van der Waals surface area contributed by atoms with Crippen molar-refractivity contribution in [1.29, 1.82) is 0 Å². The van der Waals surface area contributed by atoms with Crippen LogP contribution in [0.3, 0.4) is 0 Å². The van der Waals surface area contributed by atoms with Gasteiger partial charge < -0.3 is 10.5 Å². The average Bonchev–Trinajstić information content (AvgIpc) is 2.43. The van der Waals surface area contributed by atoms with Gasteiger partial charge in [0.2, 0.25) is 0 Å². The molecule has 1 rings (SSSR count). The van der Waals surface area contributed by atoms with E-state index in [-0.39, 0.29) is 0 Å². The SMILES string of the molecule is COCCC(C)n1cc(C)c(N)n1. The van der Waals surface area contributed by atoms with E-state index in [2.05, 4.69) is 12.0 Å². The van der Waals surface area contributed by atoms with Gasteiger partial charge in [-0.3, -0.25) is 4.68 Å². The fourth-order valence-corrected chi connectivity index (χ4v) is 1.14. The maximum atomic E-state index is 5.64. The van der Waals surface area contributed by atoms with Gasteiger partial charge in [0.05, 0.1) is 6.04 Å². The molecule has 1 aromatic heterocycles. The predicted molar refractivity (Wildman–Crippen MR) is 52.6 cm³/mol. The maximum absolute atomic E-state index is 5.64. The second kappa shape index (κ2) is 4.28. The molecule has 0 spiro atoms. The van der Waals surface area contributed by atoms with E-state index in [0.29, 0.717) is 11.9 Å². The van der Waals surface area contributed by atoms with Gasteiger partial charge in [0, 0.05) is 25.5 Å². The number of aryl methyl sites for hydroxylation is 1. The van der Waals surface area contributed by atoms with Crippen molar-refractivity contribution in [3.05, 3.63) is 11.8 Å². The van der Waals surface area contributed by atoms with E-state index in [0.717, 1.165) is 18.6 Å². The van der Waals surface area contributed by atoms with E-state index in [1.807, 2.05) is 17.8 Å². The van der Waals surface area contributed by atoms with Crippen LogP contribution in [0.5, 0.6) is 0 Å². The molecule has 1 atom stereocenters. The second-order valence-electron chi connectivity index (χ2n) is 3.31. The Balaban J connectivity index is 2.60. The Morgan fingerprint density at radius 3 is 2.85 bits per heavy atom. The normalized spacial score (nSPS) is 13.2. The number of ether oxygens (including phenoxy) is 1. The Morgan fingerprint density at radius 2 is 2.38 bits per heavy atom. The molecule has 2 N–H and O–H groups in total. The standard InChI is InChI=1S/C9H17N3O/c1-7-6-12(11-9(7)10)8(2)4-5-13-3/h6,8H,4-5H2,1-3H3,(H2,10,11). The molecular formula is C9H17N3O. The molecule has 1 unspecified atom stereocenters. The predicted octanol–water partition coefficient (Wildman–Crippen LogP) is 1.37. The number of nitrogen functional groups attached to an aromatic ring is 1. The smallest absolute Gasteiger partial charge is 0.148 e. The molecule has 0 aromatic carbocycles. The van der Waals surface area contributed by atoms with Gasteiger partial charge in [0.15, 0.2) is 0 Å². The summed E-state index contributed by atoms with van der Waals surface area (Å²) in [7, 11) is 1.70. The number of rotatable bonds is 4. The first-order valence-electron chi connectivity index (χ1n) is 4.45. The van der Waals surface area contributed by atoms with Crippen molar-refractivity contribution in [2.45, 2.75) is 26.3 Å². The third-order valence-electron chi connectivity index (χ3n) is 2.14. The Bertz CT molecular complexity index is 250. The van der Waals surface area contributed by atoms with Gasteiger partial charge in [-0.2, -0.15) is 5.10 Å². The van der Waals surface area contributed by atoms with Gasteiger partial charge in [-0.05, 0) is 20.3 Å². The summed E-state index contributed by atoms with van der Waals surface area (Å²) in [4.78, 5) is 0. The quantitative estimate of drug-likeness (QED) is 0.767. The molecule has 0 bridgehead atoms. The highest BCUT2D eigenvalue weighted by Crippen LogP contribution is 2.14. The lowest BCUT2D eigenvalue weighted by atomic mass is 10.2. The van der Waals surface area contributed by atoms with E-state index in [1.165, 1.54) is 0 Å². The molecule has 13 heavy (non-hydrogen) atoms. The Labute approximate surface area is 78.7 Å². The second-order valence-corrected chi connectivity index (χ2v) is 3.31. The molecule has 0 saturated heterocycles. The van der Waals surface area contributed by atoms with Crippen LogP contribution in [-0.4, -0.2) is 23.5 Å². The van der Waals surface area contributed by atoms with Gasteiger partial charge in [0.1, 0.15) is 5.82 Å². The lowest BCUT2D eigenvalue weighted by Crippen LogP contribution is -2.08. The molecular weight excluding hydrogens is 166 g/mol. The highest BCUT2D eigenvalue weighted by atomic mass is 16.5. The lowest BCUT2D eigenvalue weighted by molar-refractivity contribution is 0.179. The summed E-state index contributed by atoms with van der Waals surface area (Å²) in [6.45, 7) is 4.81. The van der Waals surface area contributed by atoms with Crippen LogP contribution in [0.1, 0.15) is 24.9 Å². The number of methoxy groups -OCH3 is 1. The summed E-state index contributed by atoms with van der Waals surface area (Å²) in [5.41, 5.74) is 6.68. The van der Waals surface area contributed by atoms with Crippen molar-refractivity contribution < 1.29 is 4.74 Å². The summed E-state index contributed by atoms with van der Waals surface area (Å²) < 4.78 is 6.89. The summed E-state index contributed by atoms with van der Waals surface area (Å²) in [6.07, 6.45) is 2.92. The molecule has 1 aromatic rings. The van der Waals surface area contributed by atoms with Crippen LogP contribution in [-0.2, 0) is 4.74 Å². The molecule has 4 nitrogen and oxygen atoms in total. The van der Waals surface area contributed by atoms with Crippen LogP contribution >= 0.6 is 0 Å². The Morgan fingerprint density at radius 1 is 1.69 bits per heavy atom. The van der Waals surface area contributed by atoms with Gasteiger partial charge in [-0.25, -0.2) is 0 Å². The summed E-state index contributed by atoms with van der Waals surface area (Å²) in [5.74, 6) is 0.615. The molecule has 0 radical (unpaired) electrons. The lowest BCUT2D eigenvalue weighted by Gasteiger charge is -2.10. The van der Waals surface area contributed by atoms with Gasteiger partial charge in [0.25, 0.3) is 0 Å². The highest BCUT2D eigenvalue weighted by molar-refractivity contribution is 5.35. The van der Waals surface area contributed by atoms with Gasteiger partial charge >= 0.3 is 0 Å². The fraction of sp³-hybridized carbons (Fsp3) is 0.667. The number of nitrogens with two attached hydrogens (primary N) is 1. The molecule has 0 aliphatic carbocycles. The molecule has 0 saturated carbocycles. The van der Waals surface area contributed by atoms with Crippen LogP contribution in [0.4, 0.5) is 5.82 Å². The average molecular weight is 183 g/mol. The topological polar surface area (TPSA) is 53.1 Å². The molecule has 1 heterocycles. The molecule has 0 aliphatic rings. The first-order valence-corrected chi connectivity index (χ1v) is 4.45. The third-order valence-corrected chi connectivity index (χ3v) is 2.14. The summed E-state index contributed by atoms with van der Waals surface area (Å²) >= 11 is 0. The zero-order valence-electron chi connectivity index (χ0n) is 8.45. The monoisotopic (exact) mass is 183 g/mol. The van der Waals surface area contributed by atoms with Crippen molar-refractivity contribution in [2.75, 3.05) is 19.5 Å². The number of hydrogen-bond acceptors (Lipinski definition) is 3. The number of nitrogens with zero attached hydrogens (tertiary/aromatic N) is 2. The zero-order chi connectivity index (χ0) is 9.84. The third kappa shape index (κ3) is 2.45. The molecule has 0 fully saturated rings. The summed E-state index contributed by atoms with van der Waals surface area (Å²) in [5, 5.41) is 4.20. The van der Waals surface area contributed by atoms with E-state index in [1.54, 1.807) is 7.11 Å². The zero-order valence-corrected chi connectivity index (χ0v) is 8.45. The molecule has 0 amide bonds. The van der Waals surface area contributed by atoms with E-state index in [4.69, 9.17) is 10.5 Å². The van der Waals surface area contributed by atoms with Crippen molar-refractivity contribution in [3.63, 3.8) is 0 Å². The molecule has 4 heteroatoms. The van der Waals surface area contributed by atoms with Crippen molar-refractivity contribution in [2.24, 2.45) is 0 Å². The van der Waals surface area contributed by atoms with Crippen LogP contribution < -0.4 is 5.73 Å². The van der Waals surface area contributed by atoms with Crippen molar-refractivity contribution >= 4 is 5.82 Å². The number of aromatic nitrogens is 2. The van der Waals surface area contributed by atoms with E-state index < -0.39 is 0 Å². The highest BCUT2D eigenvalue weighted by Gasteiger charge is 2.07. The minimum atomic E-state index is 0.343. The molecule has 74 valence electrons. The molecule has 0 aliphatic heterocycles. The van der Waals surface area contributed by atoms with Gasteiger partial charge in [-0.15, -0.1) is 0 Å². The van der Waals surface area contributed by atoms with Crippen LogP contribution in [0.25, 0.3) is 0 Å². The number of anilines is 1. The fourth-order valence-electron chi connectivity index (χ4n) is 1.14. The minimum Gasteiger partial charge on any atom is -0.385 e. The van der Waals surface area contributed by atoms with Crippen LogP contribution in [0.2, 0.25) is 0 Å². The van der Waals surface area contributed by atoms with E-state index in [9.17, 15) is 0 Å². The maximum Gasteiger partial charge on any atom is 0.148 e. The number of hydrogen-bond donors (Lipinski definition) is 1. The van der Waals surface area contributed by atoms with Crippen molar-refractivity contribution in [3.8, 4) is 0 Å². The van der Waals surface area contributed by atoms with Crippen LogP contribution in [0, 0.1) is 6.92 Å². The van der Waals surface area contributed by atoms with Crippen molar-refractivity contribution in [1.82, 2.24) is 9.78 Å². The van der Waals surface area contributed by atoms with Crippen LogP contribution in [0.15, 0.2) is 6.20 Å². The summed E-state index contributed by atoms with van der Waals surface area (Å²) in [6, 6.07) is 0.343. The minimum absolute atomic E-state index is 0.343. The largest absolute Gasteiger partial charge is 0.385 e. The van der Waals surface area contributed by atoms with E-state index >= 15 is 0 Å². The first kappa shape index (κ1) is 10.1. The first-order chi connectivity index (χ1) is 6.15. The van der Waals surface area contributed by atoms with Gasteiger partial charge in [-0.1, -0.05) is 0 Å². The Hall–Kier alpha value is -1.03.